The van der Waals surface area contributed by atoms with E-state index in [1.54, 1.807) is 6.07 Å². The van der Waals surface area contributed by atoms with Crippen molar-refractivity contribution in [2.24, 2.45) is 0 Å². The maximum absolute atomic E-state index is 12.3. The van der Waals surface area contributed by atoms with Crippen LogP contribution in [0.15, 0.2) is 48.0 Å². The predicted octanol–water partition coefficient (Wildman–Crippen LogP) is 2.87. The van der Waals surface area contributed by atoms with Crippen molar-refractivity contribution in [2.45, 2.75) is 0 Å². The number of ketones is 1. The number of ether oxygens (including phenoxy) is 2. The number of carbonyl (C=O) groups is 2. The maximum Gasteiger partial charge on any atom is 0.339 e. The van der Waals surface area contributed by atoms with Gasteiger partial charge in [-0.2, -0.15) is 0 Å². The number of aliphatic carboxylic acids is 1. The Hall–Kier alpha value is -3.74. The molecule has 0 spiro atoms. The maximum atomic E-state index is 12.3. The summed E-state index contributed by atoms with van der Waals surface area (Å²) in [6.07, 6.45) is 3.72. The molecule has 0 amide bonds. The number of carbonyl (C=O) groups excluding carboxylic acids is 1. The number of allylic oxidation sites excluding steroid dienone is 1. The molecule has 7 nitrogen and oxygen atoms in total. The summed E-state index contributed by atoms with van der Waals surface area (Å²) in [5, 5.41) is 28.5. The first-order valence-electron chi connectivity index (χ1n) is 7.77. The van der Waals surface area contributed by atoms with Gasteiger partial charge in [0.2, 0.25) is 0 Å². The second-order valence-corrected chi connectivity index (χ2v) is 5.42. The Morgan fingerprint density at radius 3 is 1.93 bits per heavy atom. The standard InChI is InChI=1S/C20H18O7/c1-26-18-10-12(4-7-16(18)22)3-6-15(21)14(20(24)25)9-13-5-8-17(23)19(11-13)27-2/h3-11,22-23H,1-2H3,(H,24,25). The van der Waals surface area contributed by atoms with Gasteiger partial charge in [0.15, 0.2) is 28.8 Å². The molecule has 2 aromatic rings. The average molecular weight is 370 g/mol. The molecule has 7 heteroatoms. The van der Waals surface area contributed by atoms with Crippen LogP contribution in [0, 0.1) is 0 Å². The summed E-state index contributed by atoms with van der Waals surface area (Å²) in [7, 11) is 2.76. The van der Waals surface area contributed by atoms with Crippen molar-refractivity contribution in [3.63, 3.8) is 0 Å². The summed E-state index contributed by atoms with van der Waals surface area (Å²) < 4.78 is 9.95. The van der Waals surface area contributed by atoms with E-state index in [0.29, 0.717) is 11.1 Å². The van der Waals surface area contributed by atoms with Gasteiger partial charge in [-0.1, -0.05) is 18.2 Å². The van der Waals surface area contributed by atoms with Gasteiger partial charge in [-0.25, -0.2) is 4.79 Å². The molecule has 0 heterocycles. The molecule has 3 N–H and O–H groups in total. The lowest BCUT2D eigenvalue weighted by molar-refractivity contribution is -0.133. The highest BCUT2D eigenvalue weighted by molar-refractivity contribution is 6.25. The summed E-state index contributed by atoms with van der Waals surface area (Å²) in [5.41, 5.74) is 0.480. The molecule has 0 fully saturated rings. The molecule has 0 saturated carbocycles. The van der Waals surface area contributed by atoms with E-state index in [9.17, 15) is 24.9 Å². The van der Waals surface area contributed by atoms with Gasteiger partial charge < -0.3 is 24.8 Å². The summed E-state index contributed by atoms with van der Waals surface area (Å²) in [4.78, 5) is 23.8. The van der Waals surface area contributed by atoms with Gasteiger partial charge in [0.1, 0.15) is 5.57 Å². The summed E-state index contributed by atoms with van der Waals surface area (Å²) in [5.74, 6) is -1.86. The topological polar surface area (TPSA) is 113 Å². The molecular weight excluding hydrogens is 352 g/mol. The average Bonchev–Trinajstić information content (AvgIpc) is 2.66. The van der Waals surface area contributed by atoms with Gasteiger partial charge >= 0.3 is 5.97 Å². The van der Waals surface area contributed by atoms with E-state index in [1.807, 2.05) is 0 Å². The number of rotatable bonds is 7. The zero-order chi connectivity index (χ0) is 20.0. The van der Waals surface area contributed by atoms with E-state index in [1.165, 1.54) is 56.7 Å². The second kappa shape index (κ2) is 8.57. The fraction of sp³-hybridized carbons (Fsp3) is 0.100. The molecule has 0 aliphatic rings. The van der Waals surface area contributed by atoms with Crippen molar-refractivity contribution in [1.29, 1.82) is 0 Å². The van der Waals surface area contributed by atoms with Gasteiger partial charge in [-0.05, 0) is 47.5 Å². The van der Waals surface area contributed by atoms with Crippen molar-refractivity contribution < 1.29 is 34.4 Å². The smallest absolute Gasteiger partial charge is 0.339 e. The number of carboxylic acids is 1. The molecule has 27 heavy (non-hydrogen) atoms. The van der Waals surface area contributed by atoms with Crippen LogP contribution in [0.3, 0.4) is 0 Å². The van der Waals surface area contributed by atoms with Crippen LogP contribution >= 0.6 is 0 Å². The van der Waals surface area contributed by atoms with Crippen molar-refractivity contribution in [1.82, 2.24) is 0 Å². The number of benzene rings is 2. The summed E-state index contributed by atoms with van der Waals surface area (Å²) >= 11 is 0. The van der Waals surface area contributed by atoms with E-state index in [-0.39, 0.29) is 23.0 Å². The molecule has 0 bridgehead atoms. The normalized spacial score (nSPS) is 11.4. The highest BCUT2D eigenvalue weighted by Crippen LogP contribution is 2.28. The molecule has 0 aliphatic heterocycles. The quantitative estimate of drug-likeness (QED) is 0.390. The van der Waals surface area contributed by atoms with Crippen LogP contribution in [0.25, 0.3) is 12.2 Å². The number of methoxy groups -OCH3 is 2. The fourth-order valence-corrected chi connectivity index (χ4v) is 2.25. The Morgan fingerprint density at radius 1 is 0.889 bits per heavy atom. The molecule has 0 aliphatic carbocycles. The molecule has 0 unspecified atom stereocenters. The van der Waals surface area contributed by atoms with Crippen molar-refractivity contribution in [3.05, 3.63) is 59.2 Å². The Morgan fingerprint density at radius 2 is 1.41 bits per heavy atom. The van der Waals surface area contributed by atoms with Crippen molar-refractivity contribution in [3.8, 4) is 23.0 Å². The summed E-state index contributed by atoms with van der Waals surface area (Å²) in [6, 6.07) is 8.68. The molecule has 0 saturated heterocycles. The lowest BCUT2D eigenvalue weighted by Crippen LogP contribution is -2.09. The third-order valence-corrected chi connectivity index (χ3v) is 3.64. The molecule has 0 aromatic heterocycles. The largest absolute Gasteiger partial charge is 0.504 e. The van der Waals surface area contributed by atoms with Gasteiger partial charge in [0.25, 0.3) is 0 Å². The van der Waals surface area contributed by atoms with Crippen LogP contribution in [0.2, 0.25) is 0 Å². The number of hydrogen-bond donors (Lipinski definition) is 3. The number of phenols is 2. The van der Waals surface area contributed by atoms with Crippen LogP contribution in [-0.4, -0.2) is 41.3 Å². The van der Waals surface area contributed by atoms with Crippen molar-refractivity contribution >= 4 is 23.9 Å². The highest BCUT2D eigenvalue weighted by Gasteiger charge is 2.15. The Bertz CT molecular complexity index is 926. The Labute approximate surface area is 155 Å². The van der Waals surface area contributed by atoms with Crippen LogP contribution in [0.4, 0.5) is 0 Å². The lowest BCUT2D eigenvalue weighted by atomic mass is 10.1. The SMILES string of the molecule is COc1cc(C=CC(=O)C(=Cc2ccc(O)c(OC)c2)C(=O)O)ccc1O. The van der Waals surface area contributed by atoms with E-state index < -0.39 is 17.3 Å². The molecule has 2 rings (SSSR count). The lowest BCUT2D eigenvalue weighted by Gasteiger charge is -2.05. The Kier molecular flexibility index (Phi) is 6.22. The van der Waals surface area contributed by atoms with Crippen LogP contribution in [0.1, 0.15) is 11.1 Å². The second-order valence-electron chi connectivity index (χ2n) is 5.42. The third kappa shape index (κ3) is 4.88. The number of phenolic OH excluding ortho intramolecular Hbond substituents is 2. The first-order chi connectivity index (χ1) is 12.8. The fourth-order valence-electron chi connectivity index (χ4n) is 2.25. The minimum Gasteiger partial charge on any atom is -0.504 e. The van der Waals surface area contributed by atoms with E-state index >= 15 is 0 Å². The minimum atomic E-state index is -1.39. The first-order valence-corrected chi connectivity index (χ1v) is 7.77. The number of aromatic hydroxyl groups is 2. The van der Waals surface area contributed by atoms with Gasteiger partial charge in [0.05, 0.1) is 14.2 Å². The van der Waals surface area contributed by atoms with Crippen molar-refractivity contribution in [2.75, 3.05) is 14.2 Å². The Balaban J connectivity index is 2.31. The number of carboxylic acid groups (broad SMARTS) is 1. The predicted molar refractivity (Wildman–Crippen MR) is 99.0 cm³/mol. The molecule has 0 atom stereocenters. The highest BCUT2D eigenvalue weighted by atomic mass is 16.5. The van der Waals surface area contributed by atoms with Gasteiger partial charge in [0, 0.05) is 0 Å². The number of hydrogen-bond acceptors (Lipinski definition) is 6. The van der Waals surface area contributed by atoms with Gasteiger partial charge in [-0.15, -0.1) is 0 Å². The third-order valence-electron chi connectivity index (χ3n) is 3.64. The van der Waals surface area contributed by atoms with E-state index in [0.717, 1.165) is 6.08 Å². The zero-order valence-corrected chi connectivity index (χ0v) is 14.7. The van der Waals surface area contributed by atoms with E-state index in [4.69, 9.17) is 9.47 Å². The molecule has 140 valence electrons. The van der Waals surface area contributed by atoms with Crippen LogP contribution in [-0.2, 0) is 9.59 Å². The monoisotopic (exact) mass is 370 g/mol. The molecule has 2 aromatic carbocycles. The van der Waals surface area contributed by atoms with E-state index in [2.05, 4.69) is 0 Å². The summed E-state index contributed by atoms with van der Waals surface area (Å²) in [6.45, 7) is 0. The first kappa shape index (κ1) is 19.6. The van der Waals surface area contributed by atoms with Crippen LogP contribution in [0.5, 0.6) is 23.0 Å². The van der Waals surface area contributed by atoms with Gasteiger partial charge in [-0.3, -0.25) is 4.79 Å². The zero-order valence-electron chi connectivity index (χ0n) is 14.7. The minimum absolute atomic E-state index is 0.0478. The molecule has 0 radical (unpaired) electrons. The van der Waals surface area contributed by atoms with Crippen LogP contribution < -0.4 is 9.47 Å². The molecular formula is C20H18O7.